The van der Waals surface area contributed by atoms with Crippen molar-refractivity contribution in [1.82, 2.24) is 10.6 Å². The summed E-state index contributed by atoms with van der Waals surface area (Å²) in [5.74, 6) is 1.33. The summed E-state index contributed by atoms with van der Waals surface area (Å²) in [5, 5.41) is 15.9. The molecular formula is C16H30N2O2. The molecule has 1 aliphatic carbocycles. The Kier molecular flexibility index (Phi) is 5.85. The van der Waals surface area contributed by atoms with Crippen molar-refractivity contribution in [2.24, 2.45) is 11.8 Å². The van der Waals surface area contributed by atoms with Crippen LogP contribution in [-0.4, -0.2) is 35.7 Å². The molecule has 20 heavy (non-hydrogen) atoms. The molecule has 2 fully saturated rings. The molecule has 1 amide bonds. The van der Waals surface area contributed by atoms with Crippen molar-refractivity contribution < 1.29 is 9.90 Å². The molecule has 4 nitrogen and oxygen atoms in total. The van der Waals surface area contributed by atoms with E-state index in [1.165, 1.54) is 32.1 Å². The first kappa shape index (κ1) is 15.8. The molecule has 3 N–H and O–H groups in total. The zero-order valence-corrected chi connectivity index (χ0v) is 12.9. The molecule has 0 spiro atoms. The highest BCUT2D eigenvalue weighted by atomic mass is 16.3. The van der Waals surface area contributed by atoms with Crippen LogP contribution in [0.25, 0.3) is 0 Å². The van der Waals surface area contributed by atoms with Crippen LogP contribution in [0.2, 0.25) is 0 Å². The number of aliphatic hydroxyl groups is 1. The third-order valence-corrected chi connectivity index (χ3v) is 4.79. The van der Waals surface area contributed by atoms with Crippen LogP contribution < -0.4 is 10.6 Å². The van der Waals surface area contributed by atoms with E-state index in [0.717, 1.165) is 18.8 Å². The lowest BCUT2D eigenvalue weighted by atomic mass is 9.77. The summed E-state index contributed by atoms with van der Waals surface area (Å²) >= 11 is 0. The van der Waals surface area contributed by atoms with Crippen LogP contribution in [0, 0.1) is 11.8 Å². The number of nitrogens with one attached hydrogen (secondary N) is 2. The normalized spacial score (nSPS) is 31.7. The van der Waals surface area contributed by atoms with E-state index in [9.17, 15) is 9.90 Å². The van der Waals surface area contributed by atoms with Crippen molar-refractivity contribution in [1.29, 1.82) is 0 Å². The minimum atomic E-state index is -0.103. The van der Waals surface area contributed by atoms with Gasteiger partial charge in [0.1, 0.15) is 0 Å². The summed E-state index contributed by atoms with van der Waals surface area (Å²) in [6.07, 6.45) is 8.11. The largest absolute Gasteiger partial charge is 0.394 e. The Balaban J connectivity index is 1.83. The maximum absolute atomic E-state index is 12.3. The van der Waals surface area contributed by atoms with Crippen LogP contribution in [0.4, 0.5) is 0 Å². The molecule has 0 aromatic carbocycles. The monoisotopic (exact) mass is 282 g/mol. The number of aliphatic hydroxyl groups excluding tert-OH is 1. The SMILES string of the molecule is CC(C)CC(CO)NC(=O)C1CCC2CCCCC2N1. The van der Waals surface area contributed by atoms with Gasteiger partial charge in [0.05, 0.1) is 18.7 Å². The lowest BCUT2D eigenvalue weighted by Crippen LogP contribution is -2.56. The molecular weight excluding hydrogens is 252 g/mol. The maximum Gasteiger partial charge on any atom is 0.237 e. The van der Waals surface area contributed by atoms with Gasteiger partial charge < -0.3 is 15.7 Å². The first-order chi connectivity index (χ1) is 9.60. The van der Waals surface area contributed by atoms with E-state index in [1.807, 2.05) is 0 Å². The first-order valence-corrected chi connectivity index (χ1v) is 8.27. The summed E-state index contributed by atoms with van der Waals surface area (Å²) in [6.45, 7) is 4.25. The minimum Gasteiger partial charge on any atom is -0.394 e. The molecule has 0 bridgehead atoms. The van der Waals surface area contributed by atoms with Gasteiger partial charge in [0.25, 0.3) is 0 Å². The summed E-state index contributed by atoms with van der Waals surface area (Å²) < 4.78 is 0. The zero-order valence-electron chi connectivity index (χ0n) is 12.9. The van der Waals surface area contributed by atoms with E-state index in [0.29, 0.717) is 12.0 Å². The van der Waals surface area contributed by atoms with E-state index in [1.54, 1.807) is 0 Å². The molecule has 1 saturated heterocycles. The van der Waals surface area contributed by atoms with Gasteiger partial charge in [-0.15, -0.1) is 0 Å². The van der Waals surface area contributed by atoms with Crippen molar-refractivity contribution in [3.63, 3.8) is 0 Å². The van der Waals surface area contributed by atoms with Crippen molar-refractivity contribution in [2.75, 3.05) is 6.61 Å². The average Bonchev–Trinajstić information content (AvgIpc) is 2.45. The van der Waals surface area contributed by atoms with Crippen molar-refractivity contribution in [2.45, 2.75) is 76.9 Å². The lowest BCUT2D eigenvalue weighted by Gasteiger charge is -2.40. The third-order valence-electron chi connectivity index (χ3n) is 4.79. The van der Waals surface area contributed by atoms with Crippen molar-refractivity contribution >= 4 is 5.91 Å². The van der Waals surface area contributed by atoms with Gasteiger partial charge >= 0.3 is 0 Å². The quantitative estimate of drug-likeness (QED) is 0.721. The minimum absolute atomic E-state index is 0.0304. The molecule has 0 radical (unpaired) electrons. The number of carbonyl (C=O) groups is 1. The van der Waals surface area contributed by atoms with Crippen molar-refractivity contribution in [3.05, 3.63) is 0 Å². The molecule has 4 heteroatoms. The fourth-order valence-electron chi connectivity index (χ4n) is 3.75. The number of piperidine rings is 1. The van der Waals surface area contributed by atoms with E-state index >= 15 is 0 Å². The topological polar surface area (TPSA) is 61.4 Å². The molecule has 2 aliphatic rings. The predicted molar refractivity (Wildman–Crippen MR) is 80.4 cm³/mol. The van der Waals surface area contributed by atoms with Crippen LogP contribution >= 0.6 is 0 Å². The Morgan fingerprint density at radius 2 is 2.00 bits per heavy atom. The Labute approximate surface area is 122 Å². The second-order valence-corrected chi connectivity index (χ2v) is 6.97. The molecule has 0 aromatic heterocycles. The van der Waals surface area contributed by atoms with Crippen molar-refractivity contribution in [3.8, 4) is 0 Å². The summed E-state index contributed by atoms with van der Waals surface area (Å²) in [4.78, 5) is 12.3. The maximum atomic E-state index is 12.3. The number of carbonyl (C=O) groups excluding carboxylic acids is 1. The average molecular weight is 282 g/mol. The van der Waals surface area contributed by atoms with Gasteiger partial charge in [-0.2, -0.15) is 0 Å². The Morgan fingerprint density at radius 1 is 1.25 bits per heavy atom. The number of amides is 1. The molecule has 1 heterocycles. The highest BCUT2D eigenvalue weighted by molar-refractivity contribution is 5.82. The summed E-state index contributed by atoms with van der Waals surface area (Å²) in [5.41, 5.74) is 0. The summed E-state index contributed by atoms with van der Waals surface area (Å²) in [6, 6.07) is 0.370. The fraction of sp³-hybridized carbons (Fsp3) is 0.938. The predicted octanol–water partition coefficient (Wildman–Crippen LogP) is 1.82. The van der Waals surface area contributed by atoms with E-state index in [2.05, 4.69) is 24.5 Å². The first-order valence-electron chi connectivity index (χ1n) is 8.27. The van der Waals surface area contributed by atoms with Gasteiger partial charge in [0, 0.05) is 6.04 Å². The van der Waals surface area contributed by atoms with Crippen LogP contribution in [0.15, 0.2) is 0 Å². The highest BCUT2D eigenvalue weighted by Gasteiger charge is 2.34. The van der Waals surface area contributed by atoms with Gasteiger partial charge in [-0.1, -0.05) is 26.7 Å². The van der Waals surface area contributed by atoms with Gasteiger partial charge in [-0.3, -0.25) is 4.79 Å². The second-order valence-electron chi connectivity index (χ2n) is 6.97. The van der Waals surface area contributed by atoms with Gasteiger partial charge in [-0.25, -0.2) is 0 Å². The van der Waals surface area contributed by atoms with Crippen LogP contribution in [0.1, 0.15) is 58.8 Å². The Morgan fingerprint density at radius 3 is 2.70 bits per heavy atom. The van der Waals surface area contributed by atoms with Crippen LogP contribution in [-0.2, 0) is 4.79 Å². The number of fused-ring (bicyclic) bond motifs is 1. The standard InChI is InChI=1S/C16H30N2O2/c1-11(2)9-13(10-19)17-16(20)15-8-7-12-5-3-4-6-14(12)18-15/h11-15,18-19H,3-10H2,1-2H3,(H,17,20). The zero-order chi connectivity index (χ0) is 14.5. The molecule has 116 valence electrons. The van der Waals surface area contributed by atoms with E-state index in [-0.39, 0.29) is 24.6 Å². The second kappa shape index (κ2) is 7.41. The Hall–Kier alpha value is -0.610. The molecule has 1 saturated carbocycles. The Bertz CT molecular complexity index is 320. The van der Waals surface area contributed by atoms with E-state index in [4.69, 9.17) is 0 Å². The number of hydrogen-bond acceptors (Lipinski definition) is 3. The van der Waals surface area contributed by atoms with Gasteiger partial charge in [0.15, 0.2) is 0 Å². The number of rotatable bonds is 5. The van der Waals surface area contributed by atoms with Crippen LogP contribution in [0.3, 0.4) is 0 Å². The van der Waals surface area contributed by atoms with Crippen LogP contribution in [0.5, 0.6) is 0 Å². The molecule has 1 aliphatic heterocycles. The summed E-state index contributed by atoms with van der Waals surface area (Å²) in [7, 11) is 0. The van der Waals surface area contributed by atoms with Gasteiger partial charge in [0.2, 0.25) is 5.91 Å². The third kappa shape index (κ3) is 4.19. The fourth-order valence-corrected chi connectivity index (χ4v) is 3.75. The molecule has 4 atom stereocenters. The molecule has 0 aromatic rings. The smallest absolute Gasteiger partial charge is 0.237 e. The number of hydrogen-bond donors (Lipinski definition) is 3. The lowest BCUT2D eigenvalue weighted by molar-refractivity contribution is -0.125. The molecule has 4 unspecified atom stereocenters. The van der Waals surface area contributed by atoms with Gasteiger partial charge in [-0.05, 0) is 43.9 Å². The molecule has 2 rings (SSSR count). The highest BCUT2D eigenvalue weighted by Crippen LogP contribution is 2.32. The van der Waals surface area contributed by atoms with E-state index < -0.39 is 0 Å².